The minimum atomic E-state index is -3.13. The molecule has 3 heterocycles. The average molecular weight is 351 g/mol. The molecule has 1 aliphatic rings. The van der Waals surface area contributed by atoms with Crippen LogP contribution in [0.15, 0.2) is 18.6 Å². The maximum Gasteiger partial charge on any atom is 0.213 e. The van der Waals surface area contributed by atoms with Crippen molar-refractivity contribution in [3.63, 3.8) is 0 Å². The van der Waals surface area contributed by atoms with Crippen LogP contribution >= 0.6 is 0 Å². The van der Waals surface area contributed by atoms with Crippen LogP contribution in [0, 0.1) is 11.8 Å². The van der Waals surface area contributed by atoms with Crippen molar-refractivity contribution in [1.29, 1.82) is 0 Å². The number of anilines is 1. The van der Waals surface area contributed by atoms with Gasteiger partial charge in [0, 0.05) is 32.4 Å². The molecule has 1 saturated heterocycles. The van der Waals surface area contributed by atoms with Crippen molar-refractivity contribution in [1.82, 2.24) is 19.3 Å². The third-order valence-corrected chi connectivity index (χ3v) is 7.11. The second-order valence-electron chi connectivity index (χ2n) is 6.65. The number of sulfonamides is 1. The van der Waals surface area contributed by atoms with Gasteiger partial charge in [0.2, 0.25) is 10.0 Å². The van der Waals surface area contributed by atoms with Crippen LogP contribution in [0.25, 0.3) is 11.0 Å². The van der Waals surface area contributed by atoms with Crippen molar-refractivity contribution < 1.29 is 8.42 Å². The van der Waals surface area contributed by atoms with Gasteiger partial charge in [-0.2, -0.15) is 0 Å². The largest absolute Gasteiger partial charge is 0.356 e. The zero-order valence-electron chi connectivity index (χ0n) is 14.6. The Kier molecular flexibility index (Phi) is 4.52. The number of rotatable bonds is 5. The van der Waals surface area contributed by atoms with Crippen molar-refractivity contribution in [3.8, 4) is 0 Å². The molecule has 0 aliphatic carbocycles. The van der Waals surface area contributed by atoms with E-state index in [1.54, 1.807) is 17.6 Å². The zero-order valence-corrected chi connectivity index (χ0v) is 15.4. The van der Waals surface area contributed by atoms with Gasteiger partial charge in [-0.3, -0.25) is 0 Å². The van der Waals surface area contributed by atoms with Gasteiger partial charge >= 0.3 is 0 Å². The molecule has 132 valence electrons. The lowest BCUT2D eigenvalue weighted by atomic mass is 9.90. The second-order valence-corrected chi connectivity index (χ2v) is 8.90. The Balaban J connectivity index is 1.84. The molecule has 1 fully saturated rings. The number of nitrogens with one attached hydrogen (secondary N) is 1. The summed E-state index contributed by atoms with van der Waals surface area (Å²) >= 11 is 0. The van der Waals surface area contributed by atoms with Crippen LogP contribution < -0.4 is 4.90 Å². The van der Waals surface area contributed by atoms with Crippen LogP contribution in [-0.2, 0) is 10.0 Å². The number of hydrogen-bond acceptors (Lipinski definition) is 5. The molecule has 3 rings (SSSR count). The summed E-state index contributed by atoms with van der Waals surface area (Å²) in [5, 5.41) is 0.982. The standard InChI is InChI=1S/C16H25N5O2S/c1-5-24(22,23)21-8-11(2)14(9-21)12(3)20(4)16-13-6-7-17-15(13)18-10-19-16/h6-7,10-12,14H,5,8-9H2,1-4H3,(H,17,18,19)/t11-,12?,14+/m0/s1. The topological polar surface area (TPSA) is 82.2 Å². The van der Waals surface area contributed by atoms with Crippen molar-refractivity contribution in [3.05, 3.63) is 18.6 Å². The first-order valence-corrected chi connectivity index (χ1v) is 9.94. The number of aromatic amines is 1. The summed E-state index contributed by atoms with van der Waals surface area (Å²) in [5.74, 6) is 1.61. The molecular formula is C16H25N5O2S. The number of fused-ring (bicyclic) bond motifs is 1. The summed E-state index contributed by atoms with van der Waals surface area (Å²) < 4.78 is 26.0. The van der Waals surface area contributed by atoms with E-state index < -0.39 is 10.0 Å². The number of nitrogens with zero attached hydrogens (tertiary/aromatic N) is 4. The first kappa shape index (κ1) is 17.2. The lowest BCUT2D eigenvalue weighted by molar-refractivity contribution is 0.374. The molecule has 3 atom stereocenters. The Morgan fingerprint density at radius 2 is 2.17 bits per heavy atom. The van der Waals surface area contributed by atoms with Gasteiger partial charge in [-0.15, -0.1) is 0 Å². The van der Waals surface area contributed by atoms with E-state index in [2.05, 4.69) is 33.7 Å². The van der Waals surface area contributed by atoms with E-state index in [-0.39, 0.29) is 17.7 Å². The highest BCUT2D eigenvalue weighted by Crippen LogP contribution is 2.32. The van der Waals surface area contributed by atoms with E-state index >= 15 is 0 Å². The monoisotopic (exact) mass is 351 g/mol. The van der Waals surface area contributed by atoms with Crippen LogP contribution in [0.3, 0.4) is 0 Å². The van der Waals surface area contributed by atoms with E-state index in [1.807, 2.05) is 19.3 Å². The Hall–Kier alpha value is -1.67. The summed E-state index contributed by atoms with van der Waals surface area (Å²) in [6.07, 6.45) is 3.42. The molecule has 0 bridgehead atoms. The fourth-order valence-corrected chi connectivity index (χ4v) is 4.83. The van der Waals surface area contributed by atoms with Gasteiger partial charge in [0.1, 0.15) is 17.8 Å². The highest BCUT2D eigenvalue weighted by Gasteiger charge is 2.39. The summed E-state index contributed by atoms with van der Waals surface area (Å²) in [5.41, 5.74) is 0.814. The predicted octanol–water partition coefficient (Wildman–Crippen LogP) is 1.70. The van der Waals surface area contributed by atoms with Crippen LogP contribution in [0.1, 0.15) is 20.8 Å². The SMILES string of the molecule is CCS(=O)(=O)N1C[C@H](C)[C@H](C(C)N(C)c2ncnc3[nH]ccc23)C1. The Labute approximate surface area is 143 Å². The molecule has 2 aromatic rings. The quantitative estimate of drug-likeness (QED) is 0.886. The molecule has 1 aliphatic heterocycles. The van der Waals surface area contributed by atoms with Gasteiger partial charge in [-0.25, -0.2) is 22.7 Å². The maximum atomic E-state index is 12.2. The van der Waals surface area contributed by atoms with Crippen molar-refractivity contribution in [2.75, 3.05) is 30.8 Å². The van der Waals surface area contributed by atoms with Crippen LogP contribution in [0.4, 0.5) is 5.82 Å². The van der Waals surface area contributed by atoms with Crippen molar-refractivity contribution in [2.24, 2.45) is 11.8 Å². The fourth-order valence-electron chi connectivity index (χ4n) is 3.60. The molecule has 8 heteroatoms. The first-order valence-electron chi connectivity index (χ1n) is 8.34. The van der Waals surface area contributed by atoms with Gasteiger partial charge in [0.05, 0.1) is 11.1 Å². The Morgan fingerprint density at radius 3 is 2.88 bits per heavy atom. The van der Waals surface area contributed by atoms with E-state index in [0.29, 0.717) is 19.0 Å². The maximum absolute atomic E-state index is 12.2. The van der Waals surface area contributed by atoms with Gasteiger partial charge in [0.25, 0.3) is 0 Å². The fraction of sp³-hybridized carbons (Fsp3) is 0.625. The number of H-pyrrole nitrogens is 1. The third kappa shape index (κ3) is 2.88. The summed E-state index contributed by atoms with van der Waals surface area (Å²) in [6, 6.07) is 2.14. The first-order chi connectivity index (χ1) is 11.3. The van der Waals surface area contributed by atoms with Crippen LogP contribution in [0.5, 0.6) is 0 Å². The van der Waals surface area contributed by atoms with E-state index in [9.17, 15) is 8.42 Å². The summed E-state index contributed by atoms with van der Waals surface area (Å²) in [7, 11) is -1.11. The summed E-state index contributed by atoms with van der Waals surface area (Å²) in [6.45, 7) is 7.15. The van der Waals surface area contributed by atoms with E-state index in [4.69, 9.17) is 0 Å². The lowest BCUT2D eigenvalue weighted by Gasteiger charge is -2.32. The van der Waals surface area contributed by atoms with Crippen LogP contribution in [-0.4, -0.2) is 59.6 Å². The molecule has 2 aromatic heterocycles. The predicted molar refractivity (Wildman–Crippen MR) is 95.4 cm³/mol. The molecule has 0 saturated carbocycles. The average Bonchev–Trinajstić information content (AvgIpc) is 3.19. The van der Waals surface area contributed by atoms with E-state index in [0.717, 1.165) is 16.9 Å². The van der Waals surface area contributed by atoms with Gasteiger partial charge in [-0.1, -0.05) is 6.92 Å². The lowest BCUT2D eigenvalue weighted by Crippen LogP contribution is -2.40. The molecule has 0 aromatic carbocycles. The molecule has 0 radical (unpaired) electrons. The minimum absolute atomic E-state index is 0.159. The van der Waals surface area contributed by atoms with E-state index in [1.165, 1.54) is 0 Å². The molecule has 24 heavy (non-hydrogen) atoms. The molecule has 0 amide bonds. The normalized spacial score (nSPS) is 23.7. The Morgan fingerprint density at radius 1 is 1.42 bits per heavy atom. The van der Waals surface area contributed by atoms with Crippen molar-refractivity contribution >= 4 is 26.9 Å². The van der Waals surface area contributed by atoms with Gasteiger partial charge < -0.3 is 9.88 Å². The van der Waals surface area contributed by atoms with Gasteiger partial charge in [-0.05, 0) is 31.7 Å². The number of aromatic nitrogens is 3. The van der Waals surface area contributed by atoms with Crippen LogP contribution in [0.2, 0.25) is 0 Å². The number of hydrogen-bond donors (Lipinski definition) is 1. The molecule has 1 unspecified atom stereocenters. The highest BCUT2D eigenvalue weighted by atomic mass is 32.2. The zero-order chi connectivity index (χ0) is 17.5. The molecular weight excluding hydrogens is 326 g/mol. The van der Waals surface area contributed by atoms with Crippen molar-refractivity contribution in [2.45, 2.75) is 26.8 Å². The second kappa shape index (κ2) is 6.33. The third-order valence-electron chi connectivity index (χ3n) is 5.29. The Bertz CT molecular complexity index is 819. The molecule has 1 N–H and O–H groups in total. The summed E-state index contributed by atoms with van der Waals surface area (Å²) in [4.78, 5) is 13.9. The smallest absolute Gasteiger partial charge is 0.213 e. The minimum Gasteiger partial charge on any atom is -0.356 e. The highest BCUT2D eigenvalue weighted by molar-refractivity contribution is 7.89. The van der Waals surface area contributed by atoms with Gasteiger partial charge in [0.15, 0.2) is 0 Å². The molecule has 0 spiro atoms. The molecule has 7 nitrogen and oxygen atoms in total.